The lowest BCUT2D eigenvalue weighted by atomic mass is 10.2. The lowest BCUT2D eigenvalue weighted by Crippen LogP contribution is -2.31. The molecule has 3 rings (SSSR count). The minimum atomic E-state index is -0.155. The Morgan fingerprint density at radius 1 is 1.06 bits per heavy atom. The monoisotopic (exact) mass is 425 g/mol. The summed E-state index contributed by atoms with van der Waals surface area (Å²) in [7, 11) is 0. The van der Waals surface area contributed by atoms with Crippen LogP contribution in [0.25, 0.3) is 0 Å². The van der Waals surface area contributed by atoms with E-state index in [9.17, 15) is 9.59 Å². The number of hydrogen-bond acceptors (Lipinski definition) is 5. The van der Waals surface area contributed by atoms with Gasteiger partial charge in [-0.3, -0.25) is 9.59 Å². The Hall–Kier alpha value is -3.06. The Morgan fingerprint density at radius 2 is 1.81 bits per heavy atom. The van der Waals surface area contributed by atoms with Crippen molar-refractivity contribution in [1.82, 2.24) is 5.32 Å². The molecule has 0 spiro atoms. The second-order valence-corrected chi connectivity index (χ2v) is 7.55. The molecule has 1 saturated heterocycles. The standard InChI is InChI=1S/C24H31N3O4/c1-2-3-14-30-21-12-10-20(11-13-21)27-23(28)17-25-19-8-6-18(7-9-19)24(29)26-16-22-5-4-15-31-22/h6-13,22,25H,2-5,14-17H2,1H3,(H,26,29)(H,27,28). The molecule has 0 aliphatic carbocycles. The van der Waals surface area contributed by atoms with Crippen LogP contribution in [0.3, 0.4) is 0 Å². The number of anilines is 2. The molecule has 3 N–H and O–H groups in total. The van der Waals surface area contributed by atoms with Crippen LogP contribution in [0.5, 0.6) is 5.75 Å². The summed E-state index contributed by atoms with van der Waals surface area (Å²) in [6.45, 7) is 4.24. The van der Waals surface area contributed by atoms with Gasteiger partial charge in [-0.25, -0.2) is 0 Å². The maximum atomic E-state index is 12.2. The van der Waals surface area contributed by atoms with Gasteiger partial charge in [-0.05, 0) is 67.8 Å². The van der Waals surface area contributed by atoms with Crippen molar-refractivity contribution in [3.63, 3.8) is 0 Å². The molecule has 7 nitrogen and oxygen atoms in total. The van der Waals surface area contributed by atoms with Gasteiger partial charge in [0.1, 0.15) is 5.75 Å². The summed E-state index contributed by atoms with van der Waals surface area (Å²) in [5.41, 5.74) is 2.06. The molecule has 0 saturated carbocycles. The highest BCUT2D eigenvalue weighted by Gasteiger charge is 2.16. The topological polar surface area (TPSA) is 88.7 Å². The van der Waals surface area contributed by atoms with Crippen molar-refractivity contribution in [2.24, 2.45) is 0 Å². The van der Waals surface area contributed by atoms with Crippen molar-refractivity contribution < 1.29 is 19.1 Å². The molecule has 1 atom stereocenters. The summed E-state index contributed by atoms with van der Waals surface area (Å²) in [4.78, 5) is 24.4. The van der Waals surface area contributed by atoms with Crippen LogP contribution < -0.4 is 20.7 Å². The largest absolute Gasteiger partial charge is 0.494 e. The van der Waals surface area contributed by atoms with Crippen molar-refractivity contribution in [2.45, 2.75) is 38.7 Å². The average Bonchev–Trinajstić information content (AvgIpc) is 3.31. The minimum absolute atomic E-state index is 0.119. The van der Waals surface area contributed by atoms with Crippen LogP contribution in [0, 0.1) is 0 Å². The van der Waals surface area contributed by atoms with Crippen LogP contribution in [0.15, 0.2) is 48.5 Å². The zero-order chi connectivity index (χ0) is 21.9. The predicted octanol–water partition coefficient (Wildman–Crippen LogP) is 3.82. The number of ether oxygens (including phenoxy) is 2. The molecule has 1 aliphatic heterocycles. The Labute approximate surface area is 183 Å². The molecule has 2 aromatic rings. The molecule has 2 amide bonds. The second kappa shape index (κ2) is 12.0. The van der Waals surface area contributed by atoms with Gasteiger partial charge in [0.15, 0.2) is 0 Å². The van der Waals surface area contributed by atoms with Gasteiger partial charge in [-0.15, -0.1) is 0 Å². The smallest absolute Gasteiger partial charge is 0.251 e. The fourth-order valence-corrected chi connectivity index (χ4v) is 3.21. The SMILES string of the molecule is CCCCOc1ccc(NC(=O)CNc2ccc(C(=O)NCC3CCCO3)cc2)cc1. The molecule has 166 valence electrons. The first-order valence-corrected chi connectivity index (χ1v) is 10.9. The van der Waals surface area contributed by atoms with Crippen molar-refractivity contribution in [3.8, 4) is 5.75 Å². The summed E-state index contributed by atoms with van der Waals surface area (Å²) in [6, 6.07) is 14.4. The number of amides is 2. The molecular formula is C24H31N3O4. The van der Waals surface area contributed by atoms with Crippen LogP contribution in [0.4, 0.5) is 11.4 Å². The number of rotatable bonds is 11. The highest BCUT2D eigenvalue weighted by atomic mass is 16.5. The molecule has 1 fully saturated rings. The third-order valence-corrected chi connectivity index (χ3v) is 5.02. The van der Waals surface area contributed by atoms with E-state index < -0.39 is 0 Å². The maximum Gasteiger partial charge on any atom is 0.251 e. The summed E-state index contributed by atoms with van der Waals surface area (Å²) in [6.07, 6.45) is 4.27. The van der Waals surface area contributed by atoms with Gasteiger partial charge in [0.05, 0.1) is 19.3 Å². The molecule has 0 aromatic heterocycles. The molecule has 0 bridgehead atoms. The highest BCUT2D eigenvalue weighted by Crippen LogP contribution is 2.16. The molecular weight excluding hydrogens is 394 g/mol. The van der Waals surface area contributed by atoms with Gasteiger partial charge in [-0.1, -0.05) is 13.3 Å². The van der Waals surface area contributed by atoms with E-state index in [2.05, 4.69) is 22.9 Å². The first kappa shape index (κ1) is 22.6. The molecule has 1 aliphatic rings. The van der Waals surface area contributed by atoms with Crippen LogP contribution in [-0.4, -0.2) is 44.2 Å². The Balaban J connectivity index is 1.39. The zero-order valence-corrected chi connectivity index (χ0v) is 18.0. The fraction of sp³-hybridized carbons (Fsp3) is 0.417. The van der Waals surface area contributed by atoms with E-state index in [0.29, 0.717) is 24.4 Å². The van der Waals surface area contributed by atoms with E-state index in [1.807, 2.05) is 24.3 Å². The fourth-order valence-electron chi connectivity index (χ4n) is 3.21. The Kier molecular flexibility index (Phi) is 8.72. The molecule has 0 radical (unpaired) electrons. The summed E-state index contributed by atoms with van der Waals surface area (Å²) < 4.78 is 11.1. The third-order valence-electron chi connectivity index (χ3n) is 5.02. The molecule has 1 unspecified atom stereocenters. The molecule has 2 aromatic carbocycles. The first-order valence-electron chi connectivity index (χ1n) is 10.9. The van der Waals surface area contributed by atoms with Crippen molar-refractivity contribution in [2.75, 3.05) is 36.9 Å². The van der Waals surface area contributed by atoms with E-state index in [-0.39, 0.29) is 24.5 Å². The van der Waals surface area contributed by atoms with Gasteiger partial charge in [-0.2, -0.15) is 0 Å². The van der Waals surface area contributed by atoms with E-state index in [1.165, 1.54) is 0 Å². The van der Waals surface area contributed by atoms with E-state index >= 15 is 0 Å². The third kappa shape index (κ3) is 7.61. The Morgan fingerprint density at radius 3 is 2.48 bits per heavy atom. The van der Waals surface area contributed by atoms with Crippen LogP contribution in [-0.2, 0) is 9.53 Å². The van der Waals surface area contributed by atoms with Gasteiger partial charge in [0, 0.05) is 30.1 Å². The van der Waals surface area contributed by atoms with Gasteiger partial charge in [0.25, 0.3) is 5.91 Å². The quantitative estimate of drug-likeness (QED) is 0.476. The summed E-state index contributed by atoms with van der Waals surface area (Å²) in [5, 5.41) is 8.81. The van der Waals surface area contributed by atoms with E-state index in [4.69, 9.17) is 9.47 Å². The molecule has 1 heterocycles. The maximum absolute atomic E-state index is 12.2. The zero-order valence-electron chi connectivity index (χ0n) is 18.0. The predicted molar refractivity (Wildman–Crippen MR) is 122 cm³/mol. The lowest BCUT2D eigenvalue weighted by Gasteiger charge is -2.11. The van der Waals surface area contributed by atoms with E-state index in [1.54, 1.807) is 24.3 Å². The number of unbranched alkanes of at least 4 members (excludes halogenated alkanes) is 1. The van der Waals surface area contributed by atoms with Gasteiger partial charge in [0.2, 0.25) is 5.91 Å². The number of carbonyl (C=O) groups is 2. The lowest BCUT2D eigenvalue weighted by molar-refractivity contribution is -0.114. The molecule has 7 heteroatoms. The number of nitrogens with one attached hydrogen (secondary N) is 3. The summed E-state index contributed by atoms with van der Waals surface area (Å²) in [5.74, 6) is 0.518. The van der Waals surface area contributed by atoms with Crippen molar-refractivity contribution in [3.05, 3.63) is 54.1 Å². The number of carbonyl (C=O) groups excluding carboxylic acids is 2. The van der Waals surface area contributed by atoms with E-state index in [0.717, 1.165) is 43.7 Å². The van der Waals surface area contributed by atoms with Crippen molar-refractivity contribution >= 4 is 23.2 Å². The van der Waals surface area contributed by atoms with Crippen LogP contribution >= 0.6 is 0 Å². The number of hydrogen-bond donors (Lipinski definition) is 3. The summed E-state index contributed by atoms with van der Waals surface area (Å²) >= 11 is 0. The Bertz CT molecular complexity index is 831. The first-order chi connectivity index (χ1) is 15.1. The normalized spacial score (nSPS) is 15.3. The van der Waals surface area contributed by atoms with Gasteiger partial charge >= 0.3 is 0 Å². The second-order valence-electron chi connectivity index (χ2n) is 7.55. The van der Waals surface area contributed by atoms with Crippen molar-refractivity contribution in [1.29, 1.82) is 0 Å². The van der Waals surface area contributed by atoms with Gasteiger partial charge < -0.3 is 25.4 Å². The van der Waals surface area contributed by atoms with Crippen LogP contribution in [0.1, 0.15) is 43.0 Å². The molecule has 31 heavy (non-hydrogen) atoms. The highest BCUT2D eigenvalue weighted by molar-refractivity contribution is 5.95. The number of benzene rings is 2. The van der Waals surface area contributed by atoms with Crippen LogP contribution in [0.2, 0.25) is 0 Å². The average molecular weight is 426 g/mol. The minimum Gasteiger partial charge on any atom is -0.494 e.